The number of amides is 1. The van der Waals surface area contributed by atoms with Gasteiger partial charge in [0.2, 0.25) is 6.41 Å². The molecule has 3 nitrogen and oxygen atoms in total. The largest absolute Gasteiger partial charge is 0.348 e. The van der Waals surface area contributed by atoms with Crippen LogP contribution < -0.4 is 0 Å². The molecule has 0 N–H and O–H groups in total. The van der Waals surface area contributed by atoms with Gasteiger partial charge in [0.1, 0.15) is 0 Å². The first kappa shape index (κ1) is 8.71. The average Bonchev–Trinajstić information content (AvgIpc) is 2.16. The summed E-state index contributed by atoms with van der Waals surface area (Å²) in [5.41, 5.74) is 1.21. The van der Waals surface area contributed by atoms with Gasteiger partial charge in [0, 0.05) is 26.0 Å². The summed E-state index contributed by atoms with van der Waals surface area (Å²) in [6.45, 7) is 0.757. The van der Waals surface area contributed by atoms with Crippen molar-refractivity contribution in [1.29, 1.82) is 0 Å². The van der Waals surface area contributed by atoms with Crippen molar-refractivity contribution >= 4 is 6.41 Å². The van der Waals surface area contributed by atoms with Gasteiger partial charge in [-0.25, -0.2) is 0 Å². The molecule has 0 radical (unpaired) electrons. The number of rotatable bonds is 4. The van der Waals surface area contributed by atoms with E-state index >= 15 is 0 Å². The highest BCUT2D eigenvalue weighted by molar-refractivity contribution is 5.46. The summed E-state index contributed by atoms with van der Waals surface area (Å²) >= 11 is 0. The molecule has 0 spiro atoms. The Morgan fingerprint density at radius 1 is 1.50 bits per heavy atom. The number of hydrogen-bond donors (Lipinski definition) is 0. The van der Waals surface area contributed by atoms with Gasteiger partial charge in [-0.2, -0.15) is 0 Å². The molecular weight excluding hydrogens is 152 g/mol. The van der Waals surface area contributed by atoms with Crippen LogP contribution in [0.5, 0.6) is 0 Å². The van der Waals surface area contributed by atoms with Crippen LogP contribution in [0.4, 0.5) is 0 Å². The van der Waals surface area contributed by atoms with Crippen LogP contribution >= 0.6 is 0 Å². The maximum absolute atomic E-state index is 10.2. The van der Waals surface area contributed by atoms with E-state index in [1.54, 1.807) is 24.3 Å². The second-order valence-corrected chi connectivity index (χ2v) is 2.69. The number of hydrogen-bond acceptors (Lipinski definition) is 2. The van der Waals surface area contributed by atoms with E-state index in [0.29, 0.717) is 0 Å². The van der Waals surface area contributed by atoms with E-state index in [9.17, 15) is 4.79 Å². The Balaban J connectivity index is 2.38. The fourth-order valence-corrected chi connectivity index (χ4v) is 0.908. The molecule has 1 aromatic heterocycles. The minimum atomic E-state index is 0.757. The average molecular weight is 164 g/mol. The summed E-state index contributed by atoms with van der Waals surface area (Å²) in [5, 5.41) is 0. The van der Waals surface area contributed by atoms with Crippen LogP contribution in [0.3, 0.4) is 0 Å². The SMILES string of the molecule is CN(C=O)CCc1ccncc1. The van der Waals surface area contributed by atoms with E-state index in [1.165, 1.54) is 5.56 Å². The molecule has 64 valence electrons. The Morgan fingerprint density at radius 3 is 2.75 bits per heavy atom. The normalized spacial score (nSPS) is 9.42. The van der Waals surface area contributed by atoms with Gasteiger partial charge in [0.25, 0.3) is 0 Å². The summed E-state index contributed by atoms with van der Waals surface area (Å²) in [6.07, 6.45) is 5.24. The van der Waals surface area contributed by atoms with E-state index in [-0.39, 0.29) is 0 Å². The summed E-state index contributed by atoms with van der Waals surface area (Å²) in [7, 11) is 1.77. The molecule has 0 aliphatic rings. The Hall–Kier alpha value is -1.38. The molecule has 1 heterocycles. The lowest BCUT2D eigenvalue weighted by Gasteiger charge is -2.09. The van der Waals surface area contributed by atoms with Crippen LogP contribution in [0.1, 0.15) is 5.56 Å². The Labute approximate surface area is 72.0 Å². The lowest BCUT2D eigenvalue weighted by molar-refractivity contribution is -0.116. The molecule has 0 unspecified atom stereocenters. The first-order chi connectivity index (χ1) is 5.83. The lowest BCUT2D eigenvalue weighted by Crippen LogP contribution is -2.18. The Kier molecular flexibility index (Phi) is 3.26. The van der Waals surface area contributed by atoms with Crippen LogP contribution in [0.15, 0.2) is 24.5 Å². The van der Waals surface area contributed by atoms with Crippen LogP contribution in [-0.2, 0) is 11.2 Å². The van der Waals surface area contributed by atoms with E-state index < -0.39 is 0 Å². The van der Waals surface area contributed by atoms with E-state index in [4.69, 9.17) is 0 Å². The van der Waals surface area contributed by atoms with Gasteiger partial charge in [-0.05, 0) is 24.1 Å². The number of carbonyl (C=O) groups is 1. The third kappa shape index (κ3) is 2.70. The molecule has 0 saturated heterocycles. The molecule has 0 fully saturated rings. The molecule has 1 rings (SSSR count). The Bertz CT molecular complexity index is 236. The van der Waals surface area contributed by atoms with Crippen molar-refractivity contribution in [2.45, 2.75) is 6.42 Å². The van der Waals surface area contributed by atoms with Crippen LogP contribution in [0.2, 0.25) is 0 Å². The molecule has 0 aromatic carbocycles. The fraction of sp³-hybridized carbons (Fsp3) is 0.333. The number of likely N-dealkylation sites (N-methyl/N-ethyl adjacent to an activating group) is 1. The zero-order chi connectivity index (χ0) is 8.81. The van der Waals surface area contributed by atoms with Crippen molar-refractivity contribution in [2.24, 2.45) is 0 Å². The van der Waals surface area contributed by atoms with Gasteiger partial charge in [-0.15, -0.1) is 0 Å². The number of pyridine rings is 1. The maximum Gasteiger partial charge on any atom is 0.209 e. The number of nitrogens with zero attached hydrogens (tertiary/aromatic N) is 2. The predicted octanol–water partition coefficient (Wildman–Crippen LogP) is 0.712. The highest BCUT2D eigenvalue weighted by Gasteiger charge is 1.94. The van der Waals surface area contributed by atoms with Gasteiger partial charge in [0.05, 0.1) is 0 Å². The minimum Gasteiger partial charge on any atom is -0.348 e. The number of aromatic nitrogens is 1. The van der Waals surface area contributed by atoms with Crippen molar-refractivity contribution in [3.05, 3.63) is 30.1 Å². The molecular formula is C9H12N2O. The molecule has 0 bridgehead atoms. The Morgan fingerprint density at radius 2 is 2.17 bits per heavy atom. The zero-order valence-corrected chi connectivity index (χ0v) is 7.10. The highest BCUT2D eigenvalue weighted by atomic mass is 16.1. The predicted molar refractivity (Wildman–Crippen MR) is 46.6 cm³/mol. The smallest absolute Gasteiger partial charge is 0.209 e. The quantitative estimate of drug-likeness (QED) is 0.614. The van der Waals surface area contributed by atoms with Gasteiger partial charge < -0.3 is 4.90 Å². The summed E-state index contributed by atoms with van der Waals surface area (Å²) in [6, 6.07) is 3.91. The van der Waals surface area contributed by atoms with Crippen molar-refractivity contribution in [1.82, 2.24) is 9.88 Å². The maximum atomic E-state index is 10.2. The van der Waals surface area contributed by atoms with Crippen LogP contribution in [0.25, 0.3) is 0 Å². The summed E-state index contributed by atoms with van der Waals surface area (Å²) in [5.74, 6) is 0. The molecule has 0 saturated carbocycles. The fourth-order valence-electron chi connectivity index (χ4n) is 0.908. The second kappa shape index (κ2) is 4.49. The first-order valence-electron chi connectivity index (χ1n) is 3.87. The molecule has 1 amide bonds. The molecule has 0 aliphatic carbocycles. The van der Waals surface area contributed by atoms with E-state index in [1.807, 2.05) is 12.1 Å². The van der Waals surface area contributed by atoms with Crippen molar-refractivity contribution in [3.8, 4) is 0 Å². The molecule has 0 atom stereocenters. The topological polar surface area (TPSA) is 33.2 Å². The van der Waals surface area contributed by atoms with Gasteiger partial charge in [0.15, 0.2) is 0 Å². The summed E-state index contributed by atoms with van der Waals surface area (Å²) in [4.78, 5) is 15.8. The second-order valence-electron chi connectivity index (χ2n) is 2.69. The van der Waals surface area contributed by atoms with Gasteiger partial charge in [-0.3, -0.25) is 9.78 Å². The van der Waals surface area contributed by atoms with E-state index in [0.717, 1.165) is 19.4 Å². The molecule has 1 aromatic rings. The molecule has 12 heavy (non-hydrogen) atoms. The standard InChI is InChI=1S/C9H12N2O/c1-11(8-12)7-4-9-2-5-10-6-3-9/h2-3,5-6,8H,4,7H2,1H3. The third-order valence-corrected chi connectivity index (χ3v) is 1.68. The first-order valence-corrected chi connectivity index (χ1v) is 3.87. The highest BCUT2D eigenvalue weighted by Crippen LogP contribution is 1.97. The van der Waals surface area contributed by atoms with Gasteiger partial charge >= 0.3 is 0 Å². The molecule has 3 heteroatoms. The van der Waals surface area contributed by atoms with Crippen molar-refractivity contribution in [3.63, 3.8) is 0 Å². The third-order valence-electron chi connectivity index (χ3n) is 1.68. The van der Waals surface area contributed by atoms with Crippen LogP contribution in [0, 0.1) is 0 Å². The van der Waals surface area contributed by atoms with Crippen LogP contribution in [-0.4, -0.2) is 29.9 Å². The van der Waals surface area contributed by atoms with Crippen molar-refractivity contribution in [2.75, 3.05) is 13.6 Å². The van der Waals surface area contributed by atoms with E-state index in [2.05, 4.69) is 4.98 Å². The van der Waals surface area contributed by atoms with Gasteiger partial charge in [-0.1, -0.05) is 0 Å². The number of carbonyl (C=O) groups excluding carboxylic acids is 1. The van der Waals surface area contributed by atoms with Crippen molar-refractivity contribution < 1.29 is 4.79 Å². The minimum absolute atomic E-state index is 0.757. The molecule has 0 aliphatic heterocycles. The summed E-state index contributed by atoms with van der Waals surface area (Å²) < 4.78 is 0. The zero-order valence-electron chi connectivity index (χ0n) is 7.10. The lowest BCUT2D eigenvalue weighted by atomic mass is 10.2. The monoisotopic (exact) mass is 164 g/mol.